The minimum absolute atomic E-state index is 0.140. The van der Waals surface area contributed by atoms with Crippen LogP contribution >= 0.6 is 11.8 Å². The summed E-state index contributed by atoms with van der Waals surface area (Å²) in [5, 5.41) is 15.3. The van der Waals surface area contributed by atoms with Crippen molar-refractivity contribution >= 4 is 29.3 Å². The molecule has 0 spiro atoms. The zero-order chi connectivity index (χ0) is 26.4. The maximum Gasteiger partial charge on any atom is 0.317 e. The molecule has 2 aliphatic rings. The molecule has 0 fully saturated rings. The van der Waals surface area contributed by atoms with Crippen molar-refractivity contribution in [2.24, 2.45) is 0 Å². The number of carboxylic acids is 1. The Bertz CT molecular complexity index is 1360. The summed E-state index contributed by atoms with van der Waals surface area (Å²) in [4.78, 5) is 33.4. The number of amides is 1. The number of nitrogens with zero attached hydrogens (tertiary/aromatic N) is 3. The Hall–Kier alpha value is -3.76. The number of aryl methyl sites for hydroxylation is 1. The number of rotatable bonds is 11. The van der Waals surface area contributed by atoms with Crippen molar-refractivity contribution < 1.29 is 19.1 Å². The van der Waals surface area contributed by atoms with Crippen LogP contribution in [0.4, 0.5) is 10.1 Å². The second-order valence-corrected chi connectivity index (χ2v) is 9.55. The Morgan fingerprint density at radius 1 is 1.11 bits per heavy atom. The normalized spacial score (nSPS) is 12.0. The van der Waals surface area contributed by atoms with Crippen molar-refractivity contribution in [1.82, 2.24) is 19.9 Å². The molecule has 0 bridgehead atoms. The van der Waals surface area contributed by atoms with Gasteiger partial charge >= 0.3 is 5.97 Å². The van der Waals surface area contributed by atoms with Crippen LogP contribution in [-0.4, -0.2) is 38.1 Å². The third kappa shape index (κ3) is 6.72. The highest BCUT2D eigenvalue weighted by atomic mass is 32.2. The zero-order valence-corrected chi connectivity index (χ0v) is 21.4. The molecule has 2 aromatic rings. The molecule has 10 heteroatoms. The number of aromatic nitrogens is 3. The highest BCUT2D eigenvalue weighted by Gasteiger charge is 2.24. The first kappa shape index (κ1) is 26.3. The van der Waals surface area contributed by atoms with Gasteiger partial charge in [-0.1, -0.05) is 43.0 Å². The van der Waals surface area contributed by atoms with Crippen LogP contribution in [0.15, 0.2) is 66.0 Å². The lowest BCUT2D eigenvalue weighted by atomic mass is 10.1. The van der Waals surface area contributed by atoms with E-state index in [2.05, 4.69) is 20.6 Å². The lowest BCUT2D eigenvalue weighted by Crippen LogP contribution is -2.27. The van der Waals surface area contributed by atoms with Gasteiger partial charge in [-0.05, 0) is 60.4 Å². The molecule has 3 N–H and O–H groups in total. The fourth-order valence-corrected chi connectivity index (χ4v) is 4.72. The van der Waals surface area contributed by atoms with Crippen molar-refractivity contribution in [2.75, 3.05) is 11.9 Å². The molecule has 2 heterocycles. The van der Waals surface area contributed by atoms with Gasteiger partial charge in [0.15, 0.2) is 11.0 Å². The average Bonchev–Trinajstić information content (AvgIpc) is 3.30. The number of fused-ring (bicyclic) bond motifs is 1. The molecule has 0 saturated heterocycles. The van der Waals surface area contributed by atoms with Gasteiger partial charge in [-0.15, -0.1) is 0 Å². The molecule has 2 aromatic carbocycles. The van der Waals surface area contributed by atoms with Crippen molar-refractivity contribution in [3.8, 4) is 11.5 Å². The summed E-state index contributed by atoms with van der Waals surface area (Å²) in [5.74, 6) is -0.154. The number of pyridine rings is 1. The number of imidazole rings is 1. The van der Waals surface area contributed by atoms with Crippen LogP contribution in [0.3, 0.4) is 0 Å². The molecule has 0 aliphatic carbocycles. The number of benzene rings is 2. The lowest BCUT2D eigenvalue weighted by Gasteiger charge is -2.21. The van der Waals surface area contributed by atoms with Gasteiger partial charge in [0.1, 0.15) is 17.6 Å². The number of hydrogen-bond acceptors (Lipinski definition) is 6. The minimum Gasteiger partial charge on any atom is -0.480 e. The topological polar surface area (TPSA) is 109 Å². The summed E-state index contributed by atoms with van der Waals surface area (Å²) in [5.41, 5.74) is 4.11. The van der Waals surface area contributed by atoms with Crippen LogP contribution in [-0.2, 0) is 21.9 Å². The summed E-state index contributed by atoms with van der Waals surface area (Å²) >= 11 is 1.45. The summed E-state index contributed by atoms with van der Waals surface area (Å²) in [7, 11) is 0. The Morgan fingerprint density at radius 3 is 2.59 bits per heavy atom. The SMILES string of the molecule is CCC(C(=O)Nc1cc(CNCC(=O)O)ccc1C)n1cccc2nc(SCc3ccc(F)cc3)nc1-2. The molecule has 2 aliphatic heterocycles. The molecule has 1 unspecified atom stereocenters. The largest absolute Gasteiger partial charge is 0.480 e. The predicted octanol–water partition coefficient (Wildman–Crippen LogP) is 4.89. The summed E-state index contributed by atoms with van der Waals surface area (Å²) in [6.07, 6.45) is 2.37. The number of halogens is 1. The van der Waals surface area contributed by atoms with E-state index < -0.39 is 12.0 Å². The average molecular weight is 522 g/mol. The highest BCUT2D eigenvalue weighted by Crippen LogP contribution is 2.30. The number of carboxylic acid groups (broad SMARTS) is 1. The highest BCUT2D eigenvalue weighted by molar-refractivity contribution is 7.98. The molecule has 1 amide bonds. The van der Waals surface area contributed by atoms with E-state index in [0.29, 0.717) is 41.1 Å². The van der Waals surface area contributed by atoms with E-state index in [-0.39, 0.29) is 18.3 Å². The Kier molecular flexibility index (Phi) is 8.52. The molecule has 0 aromatic heterocycles. The molecule has 0 radical (unpaired) electrons. The van der Waals surface area contributed by atoms with Crippen molar-refractivity contribution in [3.05, 3.63) is 83.3 Å². The second-order valence-electron chi connectivity index (χ2n) is 8.61. The smallest absolute Gasteiger partial charge is 0.317 e. The molecule has 4 rings (SSSR count). The summed E-state index contributed by atoms with van der Waals surface area (Å²) < 4.78 is 15.0. The Labute approximate surface area is 218 Å². The third-order valence-corrected chi connectivity index (χ3v) is 6.78. The van der Waals surface area contributed by atoms with Crippen LogP contribution in [0, 0.1) is 12.7 Å². The van der Waals surface area contributed by atoms with Gasteiger partial charge in [0.25, 0.3) is 0 Å². The Balaban J connectivity index is 1.50. The standard InChI is InChI=1S/C27H28FN5O3S/c1-3-23(26(36)30-22-13-19(7-6-17(22)2)14-29-15-24(34)35)33-12-4-5-21-25(33)32-27(31-21)37-16-18-8-10-20(28)11-9-18/h4-13,23,29H,3,14-16H2,1-2H3,(H,30,36)(H,34,35). The van der Waals surface area contributed by atoms with E-state index in [1.54, 1.807) is 12.1 Å². The summed E-state index contributed by atoms with van der Waals surface area (Å²) in [6.45, 7) is 4.09. The summed E-state index contributed by atoms with van der Waals surface area (Å²) in [6, 6.07) is 15.2. The van der Waals surface area contributed by atoms with Crippen LogP contribution in [0.1, 0.15) is 36.1 Å². The van der Waals surface area contributed by atoms with E-state index in [9.17, 15) is 14.0 Å². The maximum absolute atomic E-state index is 13.4. The van der Waals surface area contributed by atoms with Crippen LogP contribution in [0.5, 0.6) is 0 Å². The number of carbonyl (C=O) groups is 2. The van der Waals surface area contributed by atoms with Gasteiger partial charge in [-0.2, -0.15) is 0 Å². The molecule has 192 valence electrons. The van der Waals surface area contributed by atoms with Crippen molar-refractivity contribution in [3.63, 3.8) is 0 Å². The third-order valence-electron chi connectivity index (χ3n) is 5.86. The van der Waals surface area contributed by atoms with Gasteiger partial charge in [0.05, 0.1) is 6.54 Å². The maximum atomic E-state index is 13.4. The molecule has 37 heavy (non-hydrogen) atoms. The molecule has 8 nitrogen and oxygen atoms in total. The van der Waals surface area contributed by atoms with Crippen molar-refractivity contribution in [2.45, 2.75) is 43.8 Å². The number of carbonyl (C=O) groups excluding carboxylic acids is 1. The Morgan fingerprint density at radius 2 is 1.86 bits per heavy atom. The van der Waals surface area contributed by atoms with E-state index in [0.717, 1.165) is 16.7 Å². The number of hydrogen-bond donors (Lipinski definition) is 3. The number of anilines is 1. The predicted molar refractivity (Wildman–Crippen MR) is 141 cm³/mol. The van der Waals surface area contributed by atoms with Gasteiger partial charge in [-0.25, -0.2) is 14.4 Å². The first-order valence-corrected chi connectivity index (χ1v) is 12.9. The van der Waals surface area contributed by atoms with E-state index >= 15 is 0 Å². The minimum atomic E-state index is -0.926. The first-order chi connectivity index (χ1) is 17.8. The van der Waals surface area contributed by atoms with E-state index in [1.165, 1.54) is 23.9 Å². The second kappa shape index (κ2) is 12.0. The quantitative estimate of drug-likeness (QED) is 0.241. The van der Waals surface area contributed by atoms with Gasteiger partial charge in [-0.3, -0.25) is 9.59 Å². The lowest BCUT2D eigenvalue weighted by molar-refractivity contribution is -0.136. The van der Waals surface area contributed by atoms with E-state index in [1.807, 2.05) is 54.9 Å². The molecular formula is C27H28FN5O3S. The molecular weight excluding hydrogens is 493 g/mol. The van der Waals surface area contributed by atoms with Crippen LogP contribution in [0.25, 0.3) is 11.5 Å². The van der Waals surface area contributed by atoms with Gasteiger partial charge in [0, 0.05) is 24.2 Å². The monoisotopic (exact) mass is 521 g/mol. The zero-order valence-electron chi connectivity index (χ0n) is 20.6. The number of thioether (sulfide) groups is 1. The fourth-order valence-electron chi connectivity index (χ4n) is 3.92. The van der Waals surface area contributed by atoms with Gasteiger partial charge < -0.3 is 20.3 Å². The molecule has 1 atom stereocenters. The first-order valence-electron chi connectivity index (χ1n) is 11.9. The van der Waals surface area contributed by atoms with E-state index in [4.69, 9.17) is 5.11 Å². The fraction of sp³-hybridized carbons (Fsp3) is 0.259. The van der Waals surface area contributed by atoms with Crippen molar-refractivity contribution in [1.29, 1.82) is 0 Å². The molecule has 0 saturated carbocycles. The number of nitrogens with one attached hydrogen (secondary N) is 2. The van der Waals surface area contributed by atoms with Crippen LogP contribution < -0.4 is 10.6 Å². The van der Waals surface area contributed by atoms with Gasteiger partial charge in [0.2, 0.25) is 5.91 Å². The van der Waals surface area contributed by atoms with Crippen LogP contribution in [0.2, 0.25) is 0 Å². The number of aliphatic carboxylic acids is 1.